The third kappa shape index (κ3) is 1.75. The Balaban J connectivity index is 2.05. The first kappa shape index (κ1) is 9.58. The maximum absolute atomic E-state index is 5.94. The fraction of sp³-hybridized carbons (Fsp3) is 0.364. The predicted octanol–water partition coefficient (Wildman–Crippen LogP) is 2.35. The van der Waals surface area contributed by atoms with E-state index in [9.17, 15) is 0 Å². The highest BCUT2D eigenvalue weighted by Crippen LogP contribution is 2.29. The van der Waals surface area contributed by atoms with Crippen molar-refractivity contribution >= 4 is 33.2 Å². The summed E-state index contributed by atoms with van der Waals surface area (Å²) in [7, 11) is 0. The molecule has 2 aromatic rings. The van der Waals surface area contributed by atoms with E-state index in [1.54, 1.807) is 11.3 Å². The van der Waals surface area contributed by atoms with Crippen LogP contribution in [0.25, 0.3) is 10.2 Å². The molecule has 0 unspecified atom stereocenters. The second-order valence-electron chi connectivity index (χ2n) is 3.94. The van der Waals surface area contributed by atoms with Crippen molar-refractivity contribution in [3.8, 4) is 0 Å². The normalized spacial score (nSPS) is 21.3. The van der Waals surface area contributed by atoms with E-state index < -0.39 is 0 Å². The Kier molecular flexibility index (Phi) is 2.39. The molecule has 0 amide bonds. The summed E-state index contributed by atoms with van der Waals surface area (Å²) in [5, 5.41) is 4.42. The standard InChI is InChI=1S/C11H11ClN2S/c12-7-3-4-10-9(6-7)14-11(15-10)8-2-1-5-13-8/h3-4,6,8,13H,1-2,5H2/p+1/t8-/m1/s1. The molecule has 2 nitrogen and oxygen atoms in total. The van der Waals surface area contributed by atoms with Crippen LogP contribution in [0, 0.1) is 0 Å². The summed E-state index contributed by atoms with van der Waals surface area (Å²) in [6, 6.07) is 6.53. The number of fused-ring (bicyclic) bond motifs is 1. The van der Waals surface area contributed by atoms with Gasteiger partial charge in [0, 0.05) is 17.9 Å². The molecule has 2 N–H and O–H groups in total. The number of hydrogen-bond acceptors (Lipinski definition) is 2. The van der Waals surface area contributed by atoms with E-state index in [0.29, 0.717) is 6.04 Å². The molecule has 0 bridgehead atoms. The van der Waals surface area contributed by atoms with Crippen molar-refractivity contribution in [2.75, 3.05) is 6.54 Å². The van der Waals surface area contributed by atoms with Crippen molar-refractivity contribution < 1.29 is 5.32 Å². The van der Waals surface area contributed by atoms with Gasteiger partial charge in [-0.15, -0.1) is 11.3 Å². The van der Waals surface area contributed by atoms with Gasteiger partial charge in [0.1, 0.15) is 6.04 Å². The highest BCUT2D eigenvalue weighted by molar-refractivity contribution is 7.18. The van der Waals surface area contributed by atoms with Crippen LogP contribution in [0.1, 0.15) is 23.9 Å². The zero-order chi connectivity index (χ0) is 10.3. The maximum Gasteiger partial charge on any atom is 0.151 e. The highest BCUT2D eigenvalue weighted by Gasteiger charge is 2.23. The molecule has 1 atom stereocenters. The van der Waals surface area contributed by atoms with Gasteiger partial charge in [0.2, 0.25) is 0 Å². The predicted molar refractivity (Wildman–Crippen MR) is 63.4 cm³/mol. The van der Waals surface area contributed by atoms with Crippen molar-refractivity contribution in [3.63, 3.8) is 0 Å². The third-order valence-electron chi connectivity index (χ3n) is 2.85. The minimum Gasteiger partial charge on any atom is -0.338 e. The van der Waals surface area contributed by atoms with Gasteiger partial charge in [-0.1, -0.05) is 11.6 Å². The molecule has 1 aliphatic heterocycles. The average molecular weight is 240 g/mol. The van der Waals surface area contributed by atoms with Crippen LogP contribution in [0.4, 0.5) is 0 Å². The van der Waals surface area contributed by atoms with Gasteiger partial charge >= 0.3 is 0 Å². The van der Waals surface area contributed by atoms with E-state index in [-0.39, 0.29) is 0 Å². The van der Waals surface area contributed by atoms with Gasteiger partial charge in [0.25, 0.3) is 0 Å². The molecule has 0 spiro atoms. The first-order chi connectivity index (χ1) is 7.33. The van der Waals surface area contributed by atoms with Gasteiger partial charge in [-0.25, -0.2) is 4.98 Å². The van der Waals surface area contributed by atoms with Crippen molar-refractivity contribution in [2.45, 2.75) is 18.9 Å². The van der Waals surface area contributed by atoms with Crippen molar-refractivity contribution in [1.82, 2.24) is 4.98 Å². The van der Waals surface area contributed by atoms with E-state index in [1.807, 2.05) is 12.1 Å². The van der Waals surface area contributed by atoms with Crippen LogP contribution < -0.4 is 5.32 Å². The monoisotopic (exact) mass is 239 g/mol. The van der Waals surface area contributed by atoms with Crippen LogP contribution in [0.3, 0.4) is 0 Å². The van der Waals surface area contributed by atoms with E-state index in [0.717, 1.165) is 10.5 Å². The van der Waals surface area contributed by atoms with Gasteiger partial charge in [-0.3, -0.25) is 0 Å². The van der Waals surface area contributed by atoms with Gasteiger partial charge in [-0.2, -0.15) is 0 Å². The minimum atomic E-state index is 0.584. The average Bonchev–Trinajstić information content (AvgIpc) is 2.84. The number of nitrogens with zero attached hydrogens (tertiary/aromatic N) is 1. The topological polar surface area (TPSA) is 29.5 Å². The molecule has 15 heavy (non-hydrogen) atoms. The molecule has 3 rings (SSSR count). The number of aromatic nitrogens is 1. The molecule has 4 heteroatoms. The van der Waals surface area contributed by atoms with Crippen molar-refractivity contribution in [1.29, 1.82) is 0 Å². The summed E-state index contributed by atoms with van der Waals surface area (Å²) >= 11 is 7.75. The van der Waals surface area contributed by atoms with Gasteiger partial charge < -0.3 is 5.32 Å². The lowest BCUT2D eigenvalue weighted by Crippen LogP contribution is -2.81. The summed E-state index contributed by atoms with van der Waals surface area (Å²) < 4.78 is 1.25. The SMILES string of the molecule is Clc1ccc2sc([C@H]3CCC[NH2+]3)nc2c1. The number of hydrogen-bond donors (Lipinski definition) is 1. The number of quaternary nitrogens is 1. The summed E-state index contributed by atoms with van der Waals surface area (Å²) in [6.45, 7) is 1.24. The lowest BCUT2D eigenvalue weighted by atomic mass is 10.2. The number of rotatable bonds is 1. The van der Waals surface area contributed by atoms with Crippen LogP contribution in [0.15, 0.2) is 18.2 Å². The zero-order valence-corrected chi connectivity index (χ0v) is 9.81. The molecule has 0 radical (unpaired) electrons. The second kappa shape index (κ2) is 3.74. The maximum atomic E-state index is 5.94. The van der Waals surface area contributed by atoms with Crippen molar-refractivity contribution in [3.05, 3.63) is 28.2 Å². The zero-order valence-electron chi connectivity index (χ0n) is 8.24. The Morgan fingerprint density at radius 2 is 2.40 bits per heavy atom. The first-order valence-electron chi connectivity index (χ1n) is 5.22. The molecule has 0 aliphatic carbocycles. The molecule has 1 saturated heterocycles. The Labute approximate surface area is 97.3 Å². The number of nitrogens with two attached hydrogens (primary N) is 1. The second-order valence-corrected chi connectivity index (χ2v) is 5.44. The lowest BCUT2D eigenvalue weighted by Gasteiger charge is -2.00. The highest BCUT2D eigenvalue weighted by atomic mass is 35.5. The van der Waals surface area contributed by atoms with Crippen LogP contribution in [0.5, 0.6) is 0 Å². The Morgan fingerprint density at radius 3 is 3.20 bits per heavy atom. The molecule has 1 aliphatic rings. The quantitative estimate of drug-likeness (QED) is 0.814. The molecular formula is C11H12ClN2S+. The summed E-state index contributed by atoms with van der Waals surface area (Å²) in [5.41, 5.74) is 1.04. The number of thiazole rings is 1. The van der Waals surface area contributed by atoms with E-state index >= 15 is 0 Å². The minimum absolute atomic E-state index is 0.584. The smallest absolute Gasteiger partial charge is 0.151 e. The third-order valence-corrected chi connectivity index (χ3v) is 4.26. The largest absolute Gasteiger partial charge is 0.338 e. The molecule has 2 heterocycles. The molecule has 1 fully saturated rings. The fourth-order valence-electron chi connectivity index (χ4n) is 2.08. The van der Waals surface area contributed by atoms with Crippen LogP contribution in [-0.4, -0.2) is 11.5 Å². The molecule has 0 saturated carbocycles. The summed E-state index contributed by atoms with van der Waals surface area (Å²) in [4.78, 5) is 4.66. The first-order valence-corrected chi connectivity index (χ1v) is 6.42. The lowest BCUT2D eigenvalue weighted by molar-refractivity contribution is -0.676. The van der Waals surface area contributed by atoms with E-state index in [1.165, 1.54) is 29.1 Å². The fourth-order valence-corrected chi connectivity index (χ4v) is 3.32. The van der Waals surface area contributed by atoms with E-state index in [2.05, 4.69) is 16.4 Å². The Bertz CT molecular complexity index is 488. The summed E-state index contributed by atoms with van der Waals surface area (Å²) in [5.74, 6) is 0. The van der Waals surface area contributed by atoms with Crippen LogP contribution >= 0.6 is 22.9 Å². The molecule has 1 aromatic carbocycles. The molecule has 78 valence electrons. The Hall–Kier alpha value is -0.640. The van der Waals surface area contributed by atoms with E-state index in [4.69, 9.17) is 11.6 Å². The van der Waals surface area contributed by atoms with Gasteiger partial charge in [0.15, 0.2) is 5.01 Å². The summed E-state index contributed by atoms with van der Waals surface area (Å²) in [6.07, 6.45) is 2.56. The van der Waals surface area contributed by atoms with Crippen molar-refractivity contribution in [2.24, 2.45) is 0 Å². The Morgan fingerprint density at radius 1 is 1.47 bits per heavy atom. The van der Waals surface area contributed by atoms with Gasteiger partial charge in [-0.05, 0) is 18.2 Å². The van der Waals surface area contributed by atoms with Crippen LogP contribution in [0.2, 0.25) is 5.02 Å². The van der Waals surface area contributed by atoms with Gasteiger partial charge in [0.05, 0.1) is 16.8 Å². The number of benzene rings is 1. The van der Waals surface area contributed by atoms with Crippen LogP contribution in [-0.2, 0) is 0 Å². The number of halogens is 1. The molecular weight excluding hydrogens is 228 g/mol. The molecule has 1 aromatic heterocycles.